The van der Waals surface area contributed by atoms with Gasteiger partial charge in [0, 0.05) is 19.6 Å². The van der Waals surface area contributed by atoms with E-state index in [1.165, 1.54) is 11.1 Å². The number of ether oxygens (including phenoxy) is 4. The zero-order chi connectivity index (χ0) is 24.5. The molecule has 8 heteroatoms. The first-order chi connectivity index (χ1) is 16.5. The van der Waals surface area contributed by atoms with Crippen LogP contribution in [-0.2, 0) is 24.1 Å². The zero-order valence-electron chi connectivity index (χ0n) is 21.6. The van der Waals surface area contributed by atoms with Crippen LogP contribution >= 0.6 is 12.4 Å². The van der Waals surface area contributed by atoms with Crippen molar-refractivity contribution in [2.24, 2.45) is 0 Å². The molecule has 0 N–H and O–H groups in total. The number of methoxy groups -OCH3 is 4. The molecule has 2 aromatic carbocycles. The number of carbonyl (C=O) groups is 1. The fourth-order valence-corrected chi connectivity index (χ4v) is 4.40. The summed E-state index contributed by atoms with van der Waals surface area (Å²) in [5.74, 6) is 3.11. The molecule has 0 saturated carbocycles. The van der Waals surface area contributed by atoms with Gasteiger partial charge < -0.3 is 28.7 Å². The van der Waals surface area contributed by atoms with Gasteiger partial charge in [0.05, 0.1) is 34.9 Å². The minimum absolute atomic E-state index is 0. The van der Waals surface area contributed by atoms with Crippen molar-refractivity contribution in [3.63, 3.8) is 0 Å². The molecule has 1 amide bonds. The Labute approximate surface area is 215 Å². The third-order valence-corrected chi connectivity index (χ3v) is 6.50. The summed E-state index contributed by atoms with van der Waals surface area (Å²) in [6.45, 7) is 3.52. The number of nitrogens with zero attached hydrogens (tertiary/aromatic N) is 2. The Bertz CT molecular complexity index is 969. The predicted octanol–water partition coefficient (Wildman–Crippen LogP) is 4.02. The second-order valence-electron chi connectivity index (χ2n) is 8.73. The van der Waals surface area contributed by atoms with E-state index in [0.717, 1.165) is 74.7 Å². The number of likely N-dealkylation sites (N-methyl/N-ethyl adjacent to an activating group) is 1. The average molecular weight is 507 g/mol. The van der Waals surface area contributed by atoms with E-state index in [2.05, 4.69) is 18.0 Å². The molecule has 0 radical (unpaired) electrons. The van der Waals surface area contributed by atoms with Gasteiger partial charge in [-0.2, -0.15) is 0 Å². The van der Waals surface area contributed by atoms with E-state index in [1.54, 1.807) is 28.4 Å². The molecular weight excluding hydrogens is 468 g/mol. The molecule has 1 aliphatic rings. The SMILES string of the molecule is COc1ccc(CCN(C)CCCCN2CCc3cc(OC)c(OC)cc3CC2=O)cc1OC.Cl. The fourth-order valence-electron chi connectivity index (χ4n) is 4.40. The van der Waals surface area contributed by atoms with Crippen molar-refractivity contribution in [2.45, 2.75) is 32.1 Å². The van der Waals surface area contributed by atoms with Gasteiger partial charge in [-0.15, -0.1) is 12.4 Å². The van der Waals surface area contributed by atoms with Gasteiger partial charge in [-0.3, -0.25) is 4.79 Å². The van der Waals surface area contributed by atoms with Crippen LogP contribution in [0.4, 0.5) is 0 Å². The molecule has 7 nitrogen and oxygen atoms in total. The van der Waals surface area contributed by atoms with Crippen molar-refractivity contribution in [1.82, 2.24) is 9.80 Å². The Morgan fingerprint density at radius 2 is 1.46 bits per heavy atom. The Balaban J connectivity index is 0.00000432. The van der Waals surface area contributed by atoms with Crippen LogP contribution in [0.5, 0.6) is 23.0 Å². The average Bonchev–Trinajstić information content (AvgIpc) is 3.01. The first-order valence-corrected chi connectivity index (χ1v) is 11.9. The van der Waals surface area contributed by atoms with Gasteiger partial charge in [-0.25, -0.2) is 0 Å². The number of amides is 1. The number of hydrogen-bond donors (Lipinski definition) is 0. The minimum atomic E-state index is 0. The summed E-state index contributed by atoms with van der Waals surface area (Å²) >= 11 is 0. The lowest BCUT2D eigenvalue weighted by Crippen LogP contribution is -2.33. The number of rotatable bonds is 12. The van der Waals surface area contributed by atoms with E-state index in [-0.39, 0.29) is 18.3 Å². The van der Waals surface area contributed by atoms with Crippen molar-refractivity contribution in [1.29, 1.82) is 0 Å². The van der Waals surface area contributed by atoms with Crippen LogP contribution in [0.3, 0.4) is 0 Å². The van der Waals surface area contributed by atoms with E-state index in [0.29, 0.717) is 12.2 Å². The van der Waals surface area contributed by atoms with Crippen molar-refractivity contribution in [3.05, 3.63) is 47.0 Å². The number of hydrogen-bond acceptors (Lipinski definition) is 6. The summed E-state index contributed by atoms with van der Waals surface area (Å²) in [4.78, 5) is 17.2. The van der Waals surface area contributed by atoms with Crippen molar-refractivity contribution < 1.29 is 23.7 Å². The normalized spacial score (nSPS) is 13.1. The Hall–Kier alpha value is -2.64. The highest BCUT2D eigenvalue weighted by molar-refractivity contribution is 5.85. The number of fused-ring (bicyclic) bond motifs is 1. The van der Waals surface area contributed by atoms with Gasteiger partial charge >= 0.3 is 0 Å². The largest absolute Gasteiger partial charge is 0.493 e. The molecule has 0 saturated heterocycles. The Morgan fingerprint density at radius 3 is 2.11 bits per heavy atom. The quantitative estimate of drug-likeness (QED) is 0.405. The second kappa shape index (κ2) is 14.0. The van der Waals surface area contributed by atoms with Crippen LogP contribution in [0.1, 0.15) is 29.5 Å². The van der Waals surface area contributed by atoms with E-state index < -0.39 is 0 Å². The second-order valence-corrected chi connectivity index (χ2v) is 8.73. The molecule has 0 unspecified atom stereocenters. The number of halogens is 1. The summed E-state index contributed by atoms with van der Waals surface area (Å²) in [7, 11) is 8.73. The van der Waals surface area contributed by atoms with E-state index >= 15 is 0 Å². The van der Waals surface area contributed by atoms with Gasteiger partial charge in [0.25, 0.3) is 0 Å². The van der Waals surface area contributed by atoms with Gasteiger partial charge in [-0.1, -0.05) is 6.07 Å². The highest BCUT2D eigenvalue weighted by Crippen LogP contribution is 2.32. The smallest absolute Gasteiger partial charge is 0.227 e. The number of benzene rings is 2. The third kappa shape index (κ3) is 7.67. The summed E-state index contributed by atoms with van der Waals surface area (Å²) in [6, 6.07) is 10.0. The summed E-state index contributed by atoms with van der Waals surface area (Å²) in [5.41, 5.74) is 3.44. The van der Waals surface area contributed by atoms with Crippen molar-refractivity contribution in [3.8, 4) is 23.0 Å². The summed E-state index contributed by atoms with van der Waals surface area (Å²) < 4.78 is 21.6. The molecule has 0 atom stereocenters. The third-order valence-electron chi connectivity index (χ3n) is 6.50. The van der Waals surface area contributed by atoms with Gasteiger partial charge in [-0.05, 0) is 80.2 Å². The van der Waals surface area contributed by atoms with Crippen LogP contribution in [0, 0.1) is 0 Å². The van der Waals surface area contributed by atoms with Gasteiger partial charge in [0.1, 0.15) is 0 Å². The molecule has 1 heterocycles. The van der Waals surface area contributed by atoms with Crippen LogP contribution in [0.25, 0.3) is 0 Å². The molecule has 1 aliphatic heterocycles. The van der Waals surface area contributed by atoms with Gasteiger partial charge in [0.2, 0.25) is 5.91 Å². The zero-order valence-corrected chi connectivity index (χ0v) is 22.4. The molecule has 0 bridgehead atoms. The highest BCUT2D eigenvalue weighted by atomic mass is 35.5. The monoisotopic (exact) mass is 506 g/mol. The maximum Gasteiger partial charge on any atom is 0.227 e. The molecule has 0 fully saturated rings. The minimum Gasteiger partial charge on any atom is -0.493 e. The topological polar surface area (TPSA) is 60.5 Å². The van der Waals surface area contributed by atoms with E-state index in [1.807, 2.05) is 29.2 Å². The fraction of sp³-hybridized carbons (Fsp3) is 0.519. The first-order valence-electron chi connectivity index (χ1n) is 11.9. The molecule has 0 spiro atoms. The lowest BCUT2D eigenvalue weighted by atomic mass is 10.0. The standard InChI is InChI=1S/C27H38N2O5.ClH/c1-28(14-10-20-8-9-23(31-2)24(16-20)32-3)12-6-7-13-29-15-11-21-17-25(33-4)26(34-5)18-22(21)19-27(29)30;/h8-9,16-18H,6-7,10-15,19H2,1-5H3;1H. The number of carbonyl (C=O) groups excluding carboxylic acids is 1. The van der Waals surface area contributed by atoms with E-state index in [9.17, 15) is 4.79 Å². The lowest BCUT2D eigenvalue weighted by Gasteiger charge is -2.22. The van der Waals surface area contributed by atoms with Crippen LogP contribution in [0.2, 0.25) is 0 Å². The van der Waals surface area contributed by atoms with Gasteiger partial charge in [0.15, 0.2) is 23.0 Å². The Kier molecular flexibility index (Phi) is 11.5. The highest BCUT2D eigenvalue weighted by Gasteiger charge is 2.22. The van der Waals surface area contributed by atoms with Crippen LogP contribution < -0.4 is 18.9 Å². The number of unbranched alkanes of at least 4 members (excludes halogenated alkanes) is 1. The Morgan fingerprint density at radius 1 is 0.829 bits per heavy atom. The summed E-state index contributed by atoms with van der Waals surface area (Å²) in [5, 5.41) is 0. The lowest BCUT2D eigenvalue weighted by molar-refractivity contribution is -0.130. The van der Waals surface area contributed by atoms with Crippen molar-refractivity contribution in [2.75, 3.05) is 61.7 Å². The molecule has 3 rings (SSSR count). The van der Waals surface area contributed by atoms with Crippen molar-refractivity contribution >= 4 is 18.3 Å². The molecular formula is C27H39ClN2O5. The van der Waals surface area contributed by atoms with Crippen LogP contribution in [0.15, 0.2) is 30.3 Å². The molecule has 0 aromatic heterocycles. The predicted molar refractivity (Wildman–Crippen MR) is 141 cm³/mol. The molecule has 0 aliphatic carbocycles. The van der Waals surface area contributed by atoms with Crippen LogP contribution in [-0.4, -0.2) is 77.4 Å². The molecule has 194 valence electrons. The summed E-state index contributed by atoms with van der Waals surface area (Å²) in [6.07, 6.45) is 4.26. The molecule has 2 aromatic rings. The van der Waals surface area contributed by atoms with E-state index in [4.69, 9.17) is 18.9 Å². The maximum atomic E-state index is 12.8. The maximum absolute atomic E-state index is 12.8. The first kappa shape index (κ1) is 28.6. The molecule has 35 heavy (non-hydrogen) atoms.